The molecule has 5 nitrogen and oxygen atoms in total. The standard InChI is InChI=1S/C10H23N3O2/c1-4-9(10(11)12)13(5-7-14-2)6-8-15-3/h9H,4-8H2,1-3H3,(H3,11,12). The van der Waals surface area contributed by atoms with Gasteiger partial charge in [-0.1, -0.05) is 6.92 Å². The van der Waals surface area contributed by atoms with Gasteiger partial charge in [0.25, 0.3) is 0 Å². The number of hydrogen-bond acceptors (Lipinski definition) is 4. The van der Waals surface area contributed by atoms with E-state index in [4.69, 9.17) is 20.6 Å². The van der Waals surface area contributed by atoms with Gasteiger partial charge in [-0.05, 0) is 6.42 Å². The zero-order valence-corrected chi connectivity index (χ0v) is 9.95. The van der Waals surface area contributed by atoms with Crippen LogP contribution in [0.15, 0.2) is 0 Å². The molecule has 5 heteroatoms. The zero-order chi connectivity index (χ0) is 11.7. The fourth-order valence-corrected chi connectivity index (χ4v) is 1.52. The Morgan fingerprint density at radius 2 is 1.73 bits per heavy atom. The van der Waals surface area contributed by atoms with Crippen LogP contribution in [0.5, 0.6) is 0 Å². The predicted octanol–water partition coefficient (Wildman–Crippen LogP) is 0.296. The number of ether oxygens (including phenoxy) is 2. The van der Waals surface area contributed by atoms with Crippen molar-refractivity contribution < 1.29 is 9.47 Å². The number of amidine groups is 1. The van der Waals surface area contributed by atoms with Crippen LogP contribution in [0.25, 0.3) is 0 Å². The Hall–Kier alpha value is -0.650. The molecule has 0 aliphatic rings. The number of nitrogens with zero attached hydrogens (tertiary/aromatic N) is 1. The maximum absolute atomic E-state index is 7.51. The van der Waals surface area contributed by atoms with Gasteiger partial charge in [0.2, 0.25) is 0 Å². The second-order valence-corrected chi connectivity index (χ2v) is 3.40. The highest BCUT2D eigenvalue weighted by Gasteiger charge is 2.18. The summed E-state index contributed by atoms with van der Waals surface area (Å²) in [6.45, 7) is 4.87. The number of nitrogens with one attached hydrogen (secondary N) is 1. The van der Waals surface area contributed by atoms with Crippen LogP contribution in [-0.4, -0.2) is 57.3 Å². The molecule has 0 radical (unpaired) electrons. The first-order chi connectivity index (χ1) is 7.17. The summed E-state index contributed by atoms with van der Waals surface area (Å²) >= 11 is 0. The minimum atomic E-state index is -0.00435. The van der Waals surface area contributed by atoms with E-state index in [1.165, 1.54) is 0 Å². The Morgan fingerprint density at radius 1 is 1.27 bits per heavy atom. The first kappa shape index (κ1) is 14.3. The van der Waals surface area contributed by atoms with Crippen LogP contribution >= 0.6 is 0 Å². The molecular weight excluding hydrogens is 194 g/mol. The Labute approximate surface area is 92.0 Å². The highest BCUT2D eigenvalue weighted by atomic mass is 16.5. The maximum Gasteiger partial charge on any atom is 0.108 e. The summed E-state index contributed by atoms with van der Waals surface area (Å²) in [5, 5.41) is 7.51. The lowest BCUT2D eigenvalue weighted by molar-refractivity contribution is 0.102. The fraction of sp³-hybridized carbons (Fsp3) is 0.900. The lowest BCUT2D eigenvalue weighted by atomic mass is 10.1. The summed E-state index contributed by atoms with van der Waals surface area (Å²) < 4.78 is 10.1. The van der Waals surface area contributed by atoms with Gasteiger partial charge in [0.1, 0.15) is 5.84 Å². The molecule has 0 aliphatic carbocycles. The van der Waals surface area contributed by atoms with Crippen LogP contribution in [0.3, 0.4) is 0 Å². The third-order valence-corrected chi connectivity index (χ3v) is 2.35. The van der Waals surface area contributed by atoms with E-state index < -0.39 is 0 Å². The minimum absolute atomic E-state index is 0.00435. The van der Waals surface area contributed by atoms with E-state index in [1.807, 2.05) is 6.92 Å². The Balaban J connectivity index is 4.22. The molecule has 0 fully saturated rings. The van der Waals surface area contributed by atoms with Gasteiger partial charge in [-0.15, -0.1) is 0 Å². The lowest BCUT2D eigenvalue weighted by Crippen LogP contribution is -2.46. The average Bonchev–Trinajstić information content (AvgIpc) is 2.21. The smallest absolute Gasteiger partial charge is 0.108 e. The van der Waals surface area contributed by atoms with Crippen molar-refractivity contribution in [3.05, 3.63) is 0 Å². The second-order valence-electron chi connectivity index (χ2n) is 3.40. The van der Waals surface area contributed by atoms with Crippen molar-refractivity contribution in [2.24, 2.45) is 5.73 Å². The molecule has 0 rings (SSSR count). The third-order valence-electron chi connectivity index (χ3n) is 2.35. The predicted molar refractivity (Wildman–Crippen MR) is 61.3 cm³/mol. The summed E-state index contributed by atoms with van der Waals surface area (Å²) in [6.07, 6.45) is 0.836. The third kappa shape index (κ3) is 5.71. The Kier molecular flexibility index (Phi) is 8.27. The van der Waals surface area contributed by atoms with Gasteiger partial charge < -0.3 is 15.2 Å². The number of methoxy groups -OCH3 is 2. The van der Waals surface area contributed by atoms with Gasteiger partial charge >= 0.3 is 0 Å². The number of hydrogen-bond donors (Lipinski definition) is 2. The SMILES string of the molecule is CCC(C(=N)N)N(CCOC)CCOC. The van der Waals surface area contributed by atoms with Gasteiger partial charge in [0.15, 0.2) is 0 Å². The van der Waals surface area contributed by atoms with E-state index >= 15 is 0 Å². The van der Waals surface area contributed by atoms with Crippen molar-refractivity contribution in [1.29, 1.82) is 5.41 Å². The molecule has 0 saturated carbocycles. The average molecular weight is 217 g/mol. The van der Waals surface area contributed by atoms with Crippen LogP contribution in [0.1, 0.15) is 13.3 Å². The monoisotopic (exact) mass is 217 g/mol. The van der Waals surface area contributed by atoms with Crippen molar-refractivity contribution in [2.45, 2.75) is 19.4 Å². The largest absolute Gasteiger partial charge is 0.386 e. The Morgan fingerprint density at radius 3 is 2.00 bits per heavy atom. The summed E-state index contributed by atoms with van der Waals surface area (Å²) in [5.41, 5.74) is 5.55. The second kappa shape index (κ2) is 8.64. The maximum atomic E-state index is 7.51. The first-order valence-corrected chi connectivity index (χ1v) is 5.23. The minimum Gasteiger partial charge on any atom is -0.386 e. The van der Waals surface area contributed by atoms with Crippen LogP contribution in [0.2, 0.25) is 0 Å². The van der Waals surface area contributed by atoms with Crippen molar-refractivity contribution in [1.82, 2.24) is 4.90 Å². The highest BCUT2D eigenvalue weighted by Crippen LogP contribution is 2.03. The zero-order valence-electron chi connectivity index (χ0n) is 9.95. The van der Waals surface area contributed by atoms with Crippen LogP contribution in [-0.2, 0) is 9.47 Å². The quantitative estimate of drug-likeness (QED) is 0.430. The van der Waals surface area contributed by atoms with Crippen LogP contribution < -0.4 is 5.73 Å². The Bertz CT molecular complexity index is 168. The van der Waals surface area contributed by atoms with E-state index in [0.717, 1.165) is 19.5 Å². The number of rotatable bonds is 9. The molecule has 0 spiro atoms. The molecule has 0 amide bonds. The summed E-state index contributed by atoms with van der Waals surface area (Å²) in [4.78, 5) is 2.12. The molecule has 0 bridgehead atoms. The van der Waals surface area contributed by atoms with E-state index in [2.05, 4.69) is 4.90 Å². The molecule has 90 valence electrons. The first-order valence-electron chi connectivity index (χ1n) is 5.23. The van der Waals surface area contributed by atoms with Crippen molar-refractivity contribution in [2.75, 3.05) is 40.5 Å². The molecule has 0 aromatic rings. The van der Waals surface area contributed by atoms with Crippen LogP contribution in [0, 0.1) is 5.41 Å². The molecule has 0 aliphatic heterocycles. The molecule has 0 saturated heterocycles. The topological polar surface area (TPSA) is 71.6 Å². The molecule has 0 heterocycles. The molecule has 1 unspecified atom stereocenters. The van der Waals surface area contributed by atoms with Gasteiger partial charge in [-0.25, -0.2) is 0 Å². The van der Waals surface area contributed by atoms with Crippen molar-refractivity contribution in [3.8, 4) is 0 Å². The van der Waals surface area contributed by atoms with Gasteiger partial charge in [-0.2, -0.15) is 0 Å². The van der Waals surface area contributed by atoms with E-state index in [9.17, 15) is 0 Å². The molecule has 3 N–H and O–H groups in total. The normalized spacial score (nSPS) is 13.1. The van der Waals surface area contributed by atoms with Crippen molar-refractivity contribution >= 4 is 5.84 Å². The van der Waals surface area contributed by atoms with Crippen LogP contribution in [0.4, 0.5) is 0 Å². The highest BCUT2D eigenvalue weighted by molar-refractivity contribution is 5.82. The molecule has 1 atom stereocenters. The summed E-state index contributed by atoms with van der Waals surface area (Å²) in [6, 6.07) is -0.00435. The summed E-state index contributed by atoms with van der Waals surface area (Å²) in [5.74, 6) is 0.213. The van der Waals surface area contributed by atoms with Gasteiger partial charge in [0, 0.05) is 27.3 Å². The van der Waals surface area contributed by atoms with Gasteiger partial charge in [-0.3, -0.25) is 10.3 Å². The molecule has 15 heavy (non-hydrogen) atoms. The summed E-state index contributed by atoms with van der Waals surface area (Å²) in [7, 11) is 3.34. The van der Waals surface area contributed by atoms with E-state index in [1.54, 1.807) is 14.2 Å². The van der Waals surface area contributed by atoms with Gasteiger partial charge in [0.05, 0.1) is 19.3 Å². The molecule has 0 aromatic carbocycles. The fourth-order valence-electron chi connectivity index (χ4n) is 1.52. The number of nitrogens with two attached hydrogens (primary N) is 1. The lowest BCUT2D eigenvalue weighted by Gasteiger charge is -2.29. The molecular formula is C10H23N3O2. The van der Waals surface area contributed by atoms with E-state index in [-0.39, 0.29) is 11.9 Å². The van der Waals surface area contributed by atoms with Crippen molar-refractivity contribution in [3.63, 3.8) is 0 Å². The molecule has 0 aromatic heterocycles. The van der Waals surface area contributed by atoms with E-state index in [0.29, 0.717) is 13.2 Å².